The van der Waals surface area contributed by atoms with Gasteiger partial charge in [0, 0.05) is 25.6 Å². The fourth-order valence-corrected chi connectivity index (χ4v) is 4.76. The molecule has 1 fully saturated rings. The topological polar surface area (TPSA) is 75.4 Å². The molecule has 0 aliphatic carbocycles. The maximum atomic E-state index is 12.9. The average molecular weight is 458 g/mol. The van der Waals surface area contributed by atoms with Gasteiger partial charge in [0.2, 0.25) is 11.8 Å². The minimum absolute atomic E-state index is 0.0993. The Morgan fingerprint density at radius 1 is 0.970 bits per heavy atom. The number of rotatable bonds is 16. The molecule has 1 aliphatic rings. The van der Waals surface area contributed by atoms with E-state index in [1.807, 2.05) is 35.2 Å². The third-order valence-electron chi connectivity index (χ3n) is 6.84. The minimum atomic E-state index is -0.563. The molecule has 2 rings (SSSR count). The van der Waals surface area contributed by atoms with Crippen molar-refractivity contribution in [2.75, 3.05) is 13.1 Å². The van der Waals surface area contributed by atoms with Gasteiger partial charge in [-0.25, -0.2) is 0 Å². The number of benzene rings is 1. The number of unbranched alkanes of at least 4 members (excludes halogenated alkanes) is 9. The van der Waals surface area contributed by atoms with Crippen molar-refractivity contribution in [3.05, 3.63) is 35.9 Å². The number of carbonyl (C=O) groups is 2. The van der Waals surface area contributed by atoms with Crippen LogP contribution >= 0.6 is 0 Å². The van der Waals surface area contributed by atoms with Crippen LogP contribution in [0.4, 0.5) is 0 Å². The lowest BCUT2D eigenvalue weighted by Crippen LogP contribution is -2.51. The van der Waals surface area contributed by atoms with Gasteiger partial charge in [-0.2, -0.15) is 0 Å². The average Bonchev–Trinajstić information content (AvgIpc) is 2.84. The summed E-state index contributed by atoms with van der Waals surface area (Å²) >= 11 is 0. The van der Waals surface area contributed by atoms with Gasteiger partial charge >= 0.3 is 0 Å². The molecule has 2 unspecified atom stereocenters. The van der Waals surface area contributed by atoms with Crippen LogP contribution in [0.15, 0.2) is 30.3 Å². The molecule has 0 spiro atoms. The summed E-state index contributed by atoms with van der Waals surface area (Å²) in [7, 11) is 0. The van der Waals surface area contributed by atoms with Crippen LogP contribution < -0.4 is 11.1 Å². The second kappa shape index (κ2) is 16.7. The van der Waals surface area contributed by atoms with E-state index in [4.69, 9.17) is 5.73 Å². The quantitative estimate of drug-likeness (QED) is 0.328. The summed E-state index contributed by atoms with van der Waals surface area (Å²) in [5.41, 5.74) is 7.17. The highest BCUT2D eigenvalue weighted by Gasteiger charge is 2.27. The Kier molecular flexibility index (Phi) is 13.8. The Bertz CT molecular complexity index is 664. The molecule has 0 aromatic heterocycles. The van der Waals surface area contributed by atoms with Crippen molar-refractivity contribution in [1.29, 1.82) is 0 Å². The highest BCUT2D eigenvalue weighted by Crippen LogP contribution is 2.19. The summed E-state index contributed by atoms with van der Waals surface area (Å²) in [6.45, 7) is 3.57. The normalized spacial score (nSPS) is 17.0. The van der Waals surface area contributed by atoms with Crippen molar-refractivity contribution in [2.45, 2.75) is 115 Å². The van der Waals surface area contributed by atoms with Crippen LogP contribution in [0.1, 0.15) is 102 Å². The number of nitrogens with zero attached hydrogens (tertiary/aromatic N) is 1. The van der Waals surface area contributed by atoms with Crippen LogP contribution in [0.25, 0.3) is 0 Å². The molecule has 5 heteroatoms. The largest absolute Gasteiger partial charge is 0.353 e. The number of carbonyl (C=O) groups excluding carboxylic acids is 2. The molecular weight excluding hydrogens is 410 g/mol. The summed E-state index contributed by atoms with van der Waals surface area (Å²) in [6.07, 6.45) is 17.0. The van der Waals surface area contributed by atoms with Crippen LogP contribution in [0.3, 0.4) is 0 Å². The van der Waals surface area contributed by atoms with Crippen LogP contribution in [-0.2, 0) is 16.0 Å². The van der Waals surface area contributed by atoms with Crippen LogP contribution in [0.5, 0.6) is 0 Å². The summed E-state index contributed by atoms with van der Waals surface area (Å²) in [6, 6.07) is 9.39. The van der Waals surface area contributed by atoms with Crippen molar-refractivity contribution >= 4 is 11.8 Å². The van der Waals surface area contributed by atoms with Gasteiger partial charge in [-0.1, -0.05) is 95.0 Å². The van der Waals surface area contributed by atoms with E-state index in [1.54, 1.807) is 0 Å². The van der Waals surface area contributed by atoms with E-state index in [-0.39, 0.29) is 17.9 Å². The number of nitrogens with one attached hydrogen (secondary N) is 1. The van der Waals surface area contributed by atoms with E-state index in [9.17, 15) is 9.59 Å². The van der Waals surface area contributed by atoms with E-state index >= 15 is 0 Å². The van der Waals surface area contributed by atoms with Gasteiger partial charge in [-0.15, -0.1) is 0 Å². The number of hydrogen-bond donors (Lipinski definition) is 2. The van der Waals surface area contributed by atoms with Crippen LogP contribution in [0.2, 0.25) is 0 Å². The molecule has 1 aromatic carbocycles. The SMILES string of the molecule is CCCCCCCCCCCCC(=O)N1CCCCC1CNC(=O)C(N)Cc1ccccc1. The van der Waals surface area contributed by atoms with Crippen LogP contribution in [0, 0.1) is 0 Å². The smallest absolute Gasteiger partial charge is 0.237 e. The van der Waals surface area contributed by atoms with Crippen molar-refractivity contribution in [1.82, 2.24) is 10.2 Å². The van der Waals surface area contributed by atoms with Gasteiger partial charge in [-0.3, -0.25) is 9.59 Å². The maximum absolute atomic E-state index is 12.9. The van der Waals surface area contributed by atoms with E-state index < -0.39 is 6.04 Å². The molecule has 1 aromatic rings. The lowest BCUT2D eigenvalue weighted by molar-refractivity contribution is -0.135. The Balaban J connectivity index is 1.62. The molecule has 2 amide bonds. The fourth-order valence-electron chi connectivity index (χ4n) is 4.76. The van der Waals surface area contributed by atoms with E-state index in [2.05, 4.69) is 12.2 Å². The van der Waals surface area contributed by atoms with Gasteiger partial charge in [0.05, 0.1) is 6.04 Å². The van der Waals surface area contributed by atoms with E-state index in [0.717, 1.165) is 44.2 Å². The first-order valence-corrected chi connectivity index (χ1v) is 13.5. The predicted octanol–water partition coefficient (Wildman–Crippen LogP) is 5.36. The first kappa shape index (κ1) is 27.4. The molecule has 0 saturated carbocycles. The molecule has 5 nitrogen and oxygen atoms in total. The van der Waals surface area contributed by atoms with Gasteiger partial charge in [0.1, 0.15) is 0 Å². The van der Waals surface area contributed by atoms with Crippen molar-refractivity contribution in [3.63, 3.8) is 0 Å². The van der Waals surface area contributed by atoms with Gasteiger partial charge < -0.3 is 16.0 Å². The van der Waals surface area contributed by atoms with Crippen LogP contribution in [-0.4, -0.2) is 41.9 Å². The van der Waals surface area contributed by atoms with E-state index in [1.165, 1.54) is 51.4 Å². The fraction of sp³-hybridized carbons (Fsp3) is 0.714. The second-order valence-electron chi connectivity index (χ2n) is 9.71. The highest BCUT2D eigenvalue weighted by molar-refractivity contribution is 5.82. The lowest BCUT2D eigenvalue weighted by atomic mass is 10.00. The maximum Gasteiger partial charge on any atom is 0.237 e. The first-order valence-electron chi connectivity index (χ1n) is 13.5. The third-order valence-corrected chi connectivity index (χ3v) is 6.84. The number of amides is 2. The molecule has 1 heterocycles. The Hall–Kier alpha value is -1.88. The molecule has 1 aliphatic heterocycles. The van der Waals surface area contributed by atoms with Gasteiger partial charge in [-0.05, 0) is 37.7 Å². The van der Waals surface area contributed by atoms with Crippen molar-refractivity contribution in [3.8, 4) is 0 Å². The predicted molar refractivity (Wildman–Crippen MR) is 137 cm³/mol. The number of hydrogen-bond acceptors (Lipinski definition) is 3. The van der Waals surface area contributed by atoms with Gasteiger partial charge in [0.25, 0.3) is 0 Å². The summed E-state index contributed by atoms with van der Waals surface area (Å²) < 4.78 is 0. The molecule has 33 heavy (non-hydrogen) atoms. The van der Waals surface area contributed by atoms with Crippen molar-refractivity contribution in [2.24, 2.45) is 5.73 Å². The Morgan fingerprint density at radius 3 is 2.27 bits per heavy atom. The summed E-state index contributed by atoms with van der Waals surface area (Å²) in [4.78, 5) is 27.4. The molecule has 3 N–H and O–H groups in total. The van der Waals surface area contributed by atoms with Gasteiger partial charge in [0.15, 0.2) is 0 Å². The standard InChI is InChI=1S/C28H47N3O2/c1-2-3-4-5-6-7-8-9-10-14-20-27(32)31-21-16-15-19-25(31)23-30-28(33)26(29)22-24-17-12-11-13-18-24/h11-13,17-18,25-26H,2-10,14-16,19-23,29H2,1H3,(H,30,33). The Labute approximate surface area is 201 Å². The number of likely N-dealkylation sites (tertiary alicyclic amines) is 1. The zero-order valence-electron chi connectivity index (χ0n) is 20.9. The number of piperidine rings is 1. The number of nitrogens with two attached hydrogens (primary N) is 1. The zero-order valence-corrected chi connectivity index (χ0v) is 20.9. The highest BCUT2D eigenvalue weighted by atomic mass is 16.2. The second-order valence-corrected chi connectivity index (χ2v) is 9.71. The molecule has 1 saturated heterocycles. The first-order chi connectivity index (χ1) is 16.1. The lowest BCUT2D eigenvalue weighted by Gasteiger charge is -2.36. The summed E-state index contributed by atoms with van der Waals surface area (Å²) in [5.74, 6) is 0.119. The molecule has 0 radical (unpaired) electrons. The summed E-state index contributed by atoms with van der Waals surface area (Å²) in [5, 5.41) is 3.01. The minimum Gasteiger partial charge on any atom is -0.353 e. The van der Waals surface area contributed by atoms with Crippen molar-refractivity contribution < 1.29 is 9.59 Å². The molecule has 186 valence electrons. The zero-order chi connectivity index (χ0) is 23.7. The Morgan fingerprint density at radius 2 is 1.61 bits per heavy atom. The van der Waals surface area contributed by atoms with E-state index in [0.29, 0.717) is 19.4 Å². The molecular formula is C28H47N3O2. The third kappa shape index (κ3) is 11.2. The molecule has 2 atom stereocenters. The monoisotopic (exact) mass is 457 g/mol. The molecule has 0 bridgehead atoms.